The van der Waals surface area contributed by atoms with E-state index in [2.05, 4.69) is 15.0 Å². The van der Waals surface area contributed by atoms with Crippen molar-refractivity contribution >= 4 is 5.97 Å². The Morgan fingerprint density at radius 1 is 1.50 bits per heavy atom. The van der Waals surface area contributed by atoms with E-state index in [9.17, 15) is 4.79 Å². The predicted octanol–water partition coefficient (Wildman–Crippen LogP) is 2.15. The highest BCUT2D eigenvalue weighted by atomic mass is 16.5. The quantitative estimate of drug-likeness (QED) is 0.867. The number of benzene rings is 1. The van der Waals surface area contributed by atoms with Crippen LogP contribution in [-0.2, 0) is 13.0 Å². The van der Waals surface area contributed by atoms with Gasteiger partial charge in [0.25, 0.3) is 0 Å². The van der Waals surface area contributed by atoms with Crippen molar-refractivity contribution in [3.63, 3.8) is 0 Å². The van der Waals surface area contributed by atoms with Gasteiger partial charge in [0.2, 0.25) is 5.89 Å². The number of aromatic carboxylic acids is 1. The van der Waals surface area contributed by atoms with Crippen LogP contribution in [0.1, 0.15) is 34.1 Å². The van der Waals surface area contributed by atoms with Gasteiger partial charge in [-0.1, -0.05) is 5.16 Å². The van der Waals surface area contributed by atoms with Gasteiger partial charge in [-0.25, -0.2) is 4.79 Å². The average Bonchev–Trinajstić information content (AvgIpc) is 3.16. The number of carboxylic acids is 1. The summed E-state index contributed by atoms with van der Waals surface area (Å²) in [7, 11) is 1.61. The van der Waals surface area contributed by atoms with Crippen molar-refractivity contribution in [2.75, 3.05) is 20.2 Å². The maximum absolute atomic E-state index is 11.2. The number of aryl methyl sites for hydroxylation is 1. The number of hydrogen-bond donors (Lipinski definition) is 1. The van der Waals surface area contributed by atoms with E-state index in [0.717, 1.165) is 37.2 Å². The molecule has 1 unspecified atom stereocenters. The van der Waals surface area contributed by atoms with Crippen LogP contribution in [0.25, 0.3) is 0 Å². The van der Waals surface area contributed by atoms with E-state index in [4.69, 9.17) is 14.4 Å². The minimum Gasteiger partial charge on any atom is -0.496 e. The Balaban J connectivity index is 1.64. The van der Waals surface area contributed by atoms with Gasteiger partial charge in [-0.15, -0.1) is 0 Å². The minimum atomic E-state index is -0.918. The summed E-state index contributed by atoms with van der Waals surface area (Å²) in [5.74, 6) is 1.56. The standard InChI is InChI=1S/C17H21N3O4/c1-11-18-16(24-19-11)10-20-6-5-12(9-20)7-14-8-13(17(21)22)3-4-15(14)23-2/h3-4,8,12H,5-7,9-10H2,1-2H3,(H,21,22). The third kappa shape index (κ3) is 3.73. The summed E-state index contributed by atoms with van der Waals surface area (Å²) < 4.78 is 10.5. The lowest BCUT2D eigenvalue weighted by Crippen LogP contribution is -2.21. The highest BCUT2D eigenvalue weighted by molar-refractivity contribution is 5.88. The number of methoxy groups -OCH3 is 1. The molecule has 2 heterocycles. The molecule has 0 saturated carbocycles. The van der Waals surface area contributed by atoms with Gasteiger partial charge in [-0.05, 0) is 56.0 Å². The molecule has 0 amide bonds. The van der Waals surface area contributed by atoms with E-state index in [1.807, 2.05) is 6.92 Å². The zero-order valence-corrected chi connectivity index (χ0v) is 13.9. The molecule has 7 heteroatoms. The van der Waals surface area contributed by atoms with E-state index >= 15 is 0 Å². The Bertz CT molecular complexity index is 728. The van der Waals surface area contributed by atoms with Crippen LogP contribution in [0.15, 0.2) is 22.7 Å². The SMILES string of the molecule is COc1ccc(C(=O)O)cc1CC1CCN(Cc2nc(C)no2)C1. The fraction of sp³-hybridized carbons (Fsp3) is 0.471. The molecule has 1 aromatic carbocycles. The molecule has 1 aromatic heterocycles. The van der Waals surface area contributed by atoms with Gasteiger partial charge >= 0.3 is 5.97 Å². The molecule has 1 atom stereocenters. The fourth-order valence-corrected chi connectivity index (χ4v) is 3.20. The Hall–Kier alpha value is -2.41. The molecule has 0 radical (unpaired) electrons. The molecular formula is C17H21N3O4. The number of nitrogens with zero attached hydrogens (tertiary/aromatic N) is 3. The zero-order valence-electron chi connectivity index (χ0n) is 13.9. The predicted molar refractivity (Wildman–Crippen MR) is 86.1 cm³/mol. The first-order valence-corrected chi connectivity index (χ1v) is 7.97. The number of likely N-dealkylation sites (tertiary alicyclic amines) is 1. The average molecular weight is 331 g/mol. The summed E-state index contributed by atoms with van der Waals surface area (Å²) in [6, 6.07) is 5.02. The molecule has 3 rings (SSSR count). The molecule has 0 spiro atoms. The Morgan fingerprint density at radius 3 is 3.00 bits per heavy atom. The second-order valence-corrected chi connectivity index (χ2v) is 6.16. The van der Waals surface area contributed by atoms with Crippen molar-refractivity contribution in [3.05, 3.63) is 41.0 Å². The molecule has 1 saturated heterocycles. The van der Waals surface area contributed by atoms with Crippen molar-refractivity contribution in [2.24, 2.45) is 5.92 Å². The molecule has 1 N–H and O–H groups in total. The maximum atomic E-state index is 11.2. The summed E-state index contributed by atoms with van der Waals surface area (Å²) in [4.78, 5) is 17.7. The second-order valence-electron chi connectivity index (χ2n) is 6.16. The minimum absolute atomic E-state index is 0.294. The zero-order chi connectivity index (χ0) is 17.1. The van der Waals surface area contributed by atoms with E-state index in [1.165, 1.54) is 0 Å². The van der Waals surface area contributed by atoms with Gasteiger partial charge in [-0.2, -0.15) is 4.98 Å². The molecule has 1 fully saturated rings. The van der Waals surface area contributed by atoms with Crippen molar-refractivity contribution in [3.8, 4) is 5.75 Å². The summed E-state index contributed by atoms with van der Waals surface area (Å²) in [6.07, 6.45) is 1.84. The van der Waals surface area contributed by atoms with Crippen LogP contribution < -0.4 is 4.74 Å². The first-order valence-electron chi connectivity index (χ1n) is 7.97. The number of carbonyl (C=O) groups is 1. The second kappa shape index (κ2) is 7.00. The number of ether oxygens (including phenoxy) is 1. The maximum Gasteiger partial charge on any atom is 0.335 e. The van der Waals surface area contributed by atoms with Gasteiger partial charge < -0.3 is 14.4 Å². The van der Waals surface area contributed by atoms with E-state index in [0.29, 0.717) is 29.7 Å². The van der Waals surface area contributed by atoms with Crippen molar-refractivity contribution in [1.29, 1.82) is 0 Å². The highest BCUT2D eigenvalue weighted by Crippen LogP contribution is 2.28. The summed E-state index contributed by atoms with van der Waals surface area (Å²) >= 11 is 0. The first kappa shape index (κ1) is 16.4. The Morgan fingerprint density at radius 2 is 2.33 bits per heavy atom. The van der Waals surface area contributed by atoms with E-state index in [1.54, 1.807) is 25.3 Å². The number of carboxylic acid groups (broad SMARTS) is 1. The number of aromatic nitrogens is 2. The normalized spacial score (nSPS) is 18.0. The van der Waals surface area contributed by atoms with Crippen molar-refractivity contribution in [1.82, 2.24) is 15.0 Å². The van der Waals surface area contributed by atoms with Crippen LogP contribution >= 0.6 is 0 Å². The Kier molecular flexibility index (Phi) is 4.80. The molecule has 128 valence electrons. The Labute approximate surface area is 140 Å². The summed E-state index contributed by atoms with van der Waals surface area (Å²) in [6.45, 7) is 4.35. The molecule has 0 bridgehead atoms. The van der Waals surface area contributed by atoms with Gasteiger partial charge in [0.05, 0.1) is 19.2 Å². The number of hydrogen-bond acceptors (Lipinski definition) is 6. The molecular weight excluding hydrogens is 310 g/mol. The molecule has 1 aliphatic heterocycles. The largest absolute Gasteiger partial charge is 0.496 e. The summed E-state index contributed by atoms with van der Waals surface area (Å²) in [5, 5.41) is 13.0. The highest BCUT2D eigenvalue weighted by Gasteiger charge is 2.25. The van der Waals surface area contributed by atoms with Crippen molar-refractivity contribution < 1.29 is 19.2 Å². The van der Waals surface area contributed by atoms with Gasteiger partial charge in [0.1, 0.15) is 5.75 Å². The lowest BCUT2D eigenvalue weighted by molar-refractivity contribution is 0.0696. The molecule has 24 heavy (non-hydrogen) atoms. The van der Waals surface area contributed by atoms with Gasteiger partial charge in [-0.3, -0.25) is 4.90 Å². The topological polar surface area (TPSA) is 88.7 Å². The lowest BCUT2D eigenvalue weighted by Gasteiger charge is -2.15. The van der Waals surface area contributed by atoms with Gasteiger partial charge in [0, 0.05) is 6.54 Å². The first-order chi connectivity index (χ1) is 11.5. The fourth-order valence-electron chi connectivity index (χ4n) is 3.20. The van der Waals surface area contributed by atoms with Crippen LogP contribution in [0.3, 0.4) is 0 Å². The summed E-state index contributed by atoms with van der Waals surface area (Å²) in [5.41, 5.74) is 1.24. The third-order valence-electron chi connectivity index (χ3n) is 4.33. The molecule has 7 nitrogen and oxygen atoms in total. The molecule has 2 aromatic rings. The van der Waals surface area contributed by atoms with Crippen LogP contribution in [0.4, 0.5) is 0 Å². The monoisotopic (exact) mass is 331 g/mol. The molecule has 1 aliphatic rings. The van der Waals surface area contributed by atoms with Crippen LogP contribution in [0.2, 0.25) is 0 Å². The number of rotatable bonds is 6. The van der Waals surface area contributed by atoms with Crippen LogP contribution in [-0.4, -0.2) is 46.3 Å². The van der Waals surface area contributed by atoms with Gasteiger partial charge in [0.15, 0.2) is 5.82 Å². The van der Waals surface area contributed by atoms with Crippen LogP contribution in [0.5, 0.6) is 5.75 Å². The van der Waals surface area contributed by atoms with E-state index < -0.39 is 5.97 Å². The smallest absolute Gasteiger partial charge is 0.335 e. The van der Waals surface area contributed by atoms with E-state index in [-0.39, 0.29) is 0 Å². The lowest BCUT2D eigenvalue weighted by atomic mass is 9.96. The van der Waals surface area contributed by atoms with Crippen LogP contribution in [0, 0.1) is 12.8 Å². The van der Waals surface area contributed by atoms with Crippen molar-refractivity contribution in [2.45, 2.75) is 26.3 Å². The third-order valence-corrected chi connectivity index (χ3v) is 4.33. The molecule has 0 aliphatic carbocycles.